The molecule has 13 heteroatoms. The number of anilines is 1. The molecule has 1 amide bonds. The van der Waals surface area contributed by atoms with E-state index in [1.165, 1.54) is 13.4 Å². The molecule has 1 heterocycles. The highest BCUT2D eigenvalue weighted by molar-refractivity contribution is 5.78. The van der Waals surface area contributed by atoms with Crippen LogP contribution in [0, 0.1) is 0 Å². The van der Waals surface area contributed by atoms with E-state index >= 15 is 0 Å². The van der Waals surface area contributed by atoms with Gasteiger partial charge in [0.25, 0.3) is 0 Å². The van der Waals surface area contributed by atoms with Crippen molar-refractivity contribution in [2.45, 2.75) is 86.0 Å². The number of hydrogen-bond acceptors (Lipinski definition) is 12. The molecule has 0 aliphatic carbocycles. The maximum atomic E-state index is 11.5. The van der Waals surface area contributed by atoms with Crippen molar-refractivity contribution in [2.75, 3.05) is 39.6 Å². The van der Waals surface area contributed by atoms with Gasteiger partial charge in [0.05, 0.1) is 12.8 Å². The maximum Gasteiger partial charge on any atom is 0.407 e. The van der Waals surface area contributed by atoms with Gasteiger partial charge in [-0.2, -0.15) is 0 Å². The molecule has 1 aromatic rings. The minimum absolute atomic E-state index is 0.147. The summed E-state index contributed by atoms with van der Waals surface area (Å²) in [5.41, 5.74) is 6.70. The first-order chi connectivity index (χ1) is 21.0. The molecule has 0 saturated carbocycles. The van der Waals surface area contributed by atoms with Crippen LogP contribution in [0.15, 0.2) is 47.2 Å². The zero-order valence-electron chi connectivity index (χ0n) is 28.4. The van der Waals surface area contributed by atoms with Crippen molar-refractivity contribution in [2.24, 2.45) is 10.7 Å². The lowest BCUT2D eigenvalue weighted by Gasteiger charge is -2.19. The van der Waals surface area contributed by atoms with Gasteiger partial charge in [-0.15, -0.1) is 0 Å². The molecule has 1 aromatic heterocycles. The minimum Gasteiger partial charge on any atom is -0.494 e. The second-order valence-electron chi connectivity index (χ2n) is 9.23. The van der Waals surface area contributed by atoms with Crippen molar-refractivity contribution in [1.29, 1.82) is 0 Å². The van der Waals surface area contributed by atoms with E-state index in [-0.39, 0.29) is 11.8 Å². The number of amides is 1. The van der Waals surface area contributed by atoms with E-state index in [9.17, 15) is 14.4 Å². The van der Waals surface area contributed by atoms with Gasteiger partial charge in [0.15, 0.2) is 6.29 Å². The second kappa shape index (κ2) is 29.0. The Morgan fingerprint density at radius 3 is 2.27 bits per heavy atom. The van der Waals surface area contributed by atoms with E-state index in [0.717, 1.165) is 37.2 Å². The van der Waals surface area contributed by atoms with Gasteiger partial charge >= 0.3 is 12.1 Å². The van der Waals surface area contributed by atoms with Gasteiger partial charge in [0.1, 0.15) is 36.0 Å². The SMILES string of the molecule is C=N/C(C=O)=C\OCc1ccnc(NCCCCCNC(=O)OC(C)(C)C)c1.CC.CC.CN/C=C(/NC)C(N)C(=O)OC. The molecule has 6 N–H and O–H groups in total. The predicted octanol–water partition coefficient (Wildman–Crippen LogP) is 4.27. The van der Waals surface area contributed by atoms with Crippen LogP contribution in [0.4, 0.5) is 10.6 Å². The largest absolute Gasteiger partial charge is 0.494 e. The fourth-order valence-electron chi connectivity index (χ4n) is 2.86. The monoisotopic (exact) mass is 623 g/mol. The highest BCUT2D eigenvalue weighted by Gasteiger charge is 2.17. The summed E-state index contributed by atoms with van der Waals surface area (Å²) in [6.07, 6.45) is 7.59. The molecule has 0 aromatic carbocycles. The third-order valence-corrected chi connectivity index (χ3v) is 4.79. The standard InChI is InChI=1S/C20H30N4O4.C7H15N3O2.2C2H6/c1-20(2,3)28-19(26)24-10-7-5-6-9-22-18-12-16(8-11-23-18)14-27-15-17(13-25)21-4;1-9-4-5(10-2)6(8)7(11)12-3;2*1-2/h8,11-13,15H,4-7,9-10,14H2,1-3H3,(H,22,23)(H,24,26);4,6,9-10H,8H2,1-3H3;2*1-2H3/b17-15-;5-4+;;. The number of carbonyl (C=O) groups is 3. The Morgan fingerprint density at radius 2 is 1.75 bits per heavy atom. The number of likely N-dealkylation sites (N-methyl/N-ethyl adjacent to an activating group) is 1. The van der Waals surface area contributed by atoms with Gasteiger partial charge in [0.2, 0.25) is 0 Å². The van der Waals surface area contributed by atoms with Crippen molar-refractivity contribution in [3.63, 3.8) is 0 Å². The van der Waals surface area contributed by atoms with Gasteiger partial charge in [-0.1, -0.05) is 27.7 Å². The molecule has 0 aliphatic rings. The summed E-state index contributed by atoms with van der Waals surface area (Å²) >= 11 is 0. The topological polar surface area (TPSA) is 178 Å². The number of rotatable bonds is 16. The van der Waals surface area contributed by atoms with Crippen LogP contribution in [0.1, 0.15) is 73.3 Å². The van der Waals surface area contributed by atoms with E-state index < -0.39 is 17.6 Å². The Balaban J connectivity index is -0.000000878. The van der Waals surface area contributed by atoms with Gasteiger partial charge in [-0.3, -0.25) is 9.79 Å². The third-order valence-electron chi connectivity index (χ3n) is 4.79. The van der Waals surface area contributed by atoms with Gasteiger partial charge in [0, 0.05) is 39.6 Å². The number of alkyl carbamates (subject to hydrolysis) is 1. The average molecular weight is 624 g/mol. The van der Waals surface area contributed by atoms with Crippen LogP contribution in [-0.4, -0.2) is 76.0 Å². The molecule has 1 unspecified atom stereocenters. The molecule has 0 spiro atoms. The van der Waals surface area contributed by atoms with Crippen molar-refractivity contribution in [1.82, 2.24) is 20.9 Å². The second-order valence-corrected chi connectivity index (χ2v) is 9.23. The van der Waals surface area contributed by atoms with E-state index in [1.807, 2.05) is 60.6 Å². The molecular weight excluding hydrogens is 566 g/mol. The summed E-state index contributed by atoms with van der Waals surface area (Å²) in [5, 5.41) is 11.6. The summed E-state index contributed by atoms with van der Waals surface area (Å²) < 4.78 is 15.0. The van der Waals surface area contributed by atoms with Gasteiger partial charge in [-0.05, 0) is 64.4 Å². The number of nitrogens with one attached hydrogen (secondary N) is 4. The normalized spacial score (nSPS) is 11.2. The minimum atomic E-state index is -0.757. The molecule has 13 nitrogen and oxygen atoms in total. The lowest BCUT2D eigenvalue weighted by Crippen LogP contribution is -2.38. The fraction of sp³-hybridized carbons (Fsp3) is 0.581. The molecule has 0 saturated heterocycles. The number of ether oxygens (including phenoxy) is 3. The van der Waals surface area contributed by atoms with Crippen LogP contribution in [0.5, 0.6) is 0 Å². The first kappa shape index (κ1) is 44.3. The molecule has 252 valence electrons. The van der Waals surface area contributed by atoms with Crippen LogP contribution in [0.25, 0.3) is 0 Å². The number of pyridine rings is 1. The summed E-state index contributed by atoms with van der Waals surface area (Å²) in [4.78, 5) is 40.8. The van der Waals surface area contributed by atoms with Crippen molar-refractivity contribution < 1.29 is 28.6 Å². The zero-order valence-corrected chi connectivity index (χ0v) is 28.4. The highest BCUT2D eigenvalue weighted by Crippen LogP contribution is 2.10. The van der Waals surface area contributed by atoms with Gasteiger partial charge < -0.3 is 41.2 Å². The summed E-state index contributed by atoms with van der Waals surface area (Å²) in [7, 11) is 4.71. The van der Waals surface area contributed by atoms with Gasteiger partial charge in [-0.25, -0.2) is 14.6 Å². The summed E-state index contributed by atoms with van der Waals surface area (Å²) in [6.45, 7) is 18.5. The number of unbranched alkanes of at least 4 members (excludes halogenated alkanes) is 2. The summed E-state index contributed by atoms with van der Waals surface area (Å²) in [5.74, 6) is 0.292. The Kier molecular flexibility index (Phi) is 29.2. The summed E-state index contributed by atoms with van der Waals surface area (Å²) in [6, 6.07) is 2.97. The smallest absolute Gasteiger partial charge is 0.407 e. The van der Waals surface area contributed by atoms with E-state index in [2.05, 4.69) is 42.7 Å². The lowest BCUT2D eigenvalue weighted by atomic mass is 10.2. The van der Waals surface area contributed by atoms with Crippen molar-refractivity contribution in [3.05, 3.63) is 47.7 Å². The number of nitrogens with zero attached hydrogens (tertiary/aromatic N) is 2. The van der Waals surface area contributed by atoms with Crippen molar-refractivity contribution in [3.8, 4) is 0 Å². The van der Waals surface area contributed by atoms with E-state index in [0.29, 0.717) is 25.1 Å². The van der Waals surface area contributed by atoms with Crippen LogP contribution in [0.3, 0.4) is 0 Å². The Hall–Kier alpha value is -4.13. The van der Waals surface area contributed by atoms with Crippen LogP contribution in [-0.2, 0) is 30.4 Å². The number of aromatic nitrogens is 1. The average Bonchev–Trinajstić information content (AvgIpc) is 3.02. The number of aldehydes is 1. The fourth-order valence-corrected chi connectivity index (χ4v) is 2.86. The number of aliphatic imine (C=N–C) groups is 1. The number of nitrogens with two attached hydrogens (primary N) is 1. The molecule has 0 fully saturated rings. The Morgan fingerprint density at radius 1 is 1.11 bits per heavy atom. The number of hydrogen-bond donors (Lipinski definition) is 5. The van der Waals surface area contributed by atoms with Crippen molar-refractivity contribution >= 4 is 30.9 Å². The maximum absolute atomic E-state index is 11.5. The Labute approximate surface area is 264 Å². The molecule has 0 aliphatic heterocycles. The molecule has 44 heavy (non-hydrogen) atoms. The molecular formula is C31H57N7O6. The molecule has 1 rings (SSSR count). The van der Waals surface area contributed by atoms with Crippen LogP contribution in [0.2, 0.25) is 0 Å². The first-order valence-corrected chi connectivity index (χ1v) is 14.8. The van der Waals surface area contributed by atoms with E-state index in [4.69, 9.17) is 15.2 Å². The first-order valence-electron chi connectivity index (χ1n) is 14.8. The van der Waals surface area contributed by atoms with Crippen LogP contribution < -0.4 is 27.0 Å². The molecule has 0 radical (unpaired) electrons. The zero-order chi connectivity index (χ0) is 34.4. The predicted molar refractivity (Wildman–Crippen MR) is 178 cm³/mol. The molecule has 1 atom stereocenters. The Bertz CT molecular complexity index is 969. The number of esters is 1. The quantitative estimate of drug-likeness (QED) is 0.0444. The highest BCUT2D eigenvalue weighted by atomic mass is 16.6. The number of allylic oxidation sites excluding steroid dienone is 1. The third kappa shape index (κ3) is 24.5. The number of methoxy groups -OCH3 is 1. The number of carbonyl (C=O) groups excluding carboxylic acids is 3. The lowest BCUT2D eigenvalue weighted by molar-refractivity contribution is -0.141. The molecule has 0 bridgehead atoms. The van der Waals surface area contributed by atoms with Crippen LogP contribution >= 0.6 is 0 Å². The van der Waals surface area contributed by atoms with E-state index in [1.54, 1.807) is 26.5 Å².